The van der Waals surface area contributed by atoms with Crippen LogP contribution < -0.4 is 17.4 Å². The molecule has 0 aliphatic heterocycles. The van der Waals surface area contributed by atoms with E-state index < -0.39 is 0 Å². The van der Waals surface area contributed by atoms with Crippen LogP contribution in [-0.4, -0.2) is 6.04 Å². The molecule has 0 spiro atoms. The first-order valence-electron chi connectivity index (χ1n) is 4.79. The highest BCUT2D eigenvalue weighted by molar-refractivity contribution is 4.77. The van der Waals surface area contributed by atoms with E-state index in [1.165, 1.54) is 19.3 Å². The molecule has 0 aromatic rings. The molecular formula is C10H25N3. The summed E-state index contributed by atoms with van der Waals surface area (Å²) in [5, 5.41) is 0. The van der Waals surface area contributed by atoms with Gasteiger partial charge in [-0.25, -0.2) is 0 Å². The standard InChI is InChI=1S/C8H17N.C2H4.H4N2/c1-6-3-4-8(9)7(2)5-6;2*1-2/h6-8H,3-5,9H2,1-2H3;2*1-2H2. The number of hydrogen-bond donors (Lipinski definition) is 3. The van der Waals surface area contributed by atoms with Gasteiger partial charge in [0.15, 0.2) is 0 Å². The predicted molar refractivity (Wildman–Crippen MR) is 59.8 cm³/mol. The fraction of sp³-hybridized carbons (Fsp3) is 0.800. The third-order valence-electron chi connectivity index (χ3n) is 2.50. The van der Waals surface area contributed by atoms with Crippen molar-refractivity contribution in [2.24, 2.45) is 29.3 Å². The molecule has 3 atom stereocenters. The molecular weight excluding hydrogens is 162 g/mol. The van der Waals surface area contributed by atoms with Crippen molar-refractivity contribution in [1.29, 1.82) is 0 Å². The highest BCUT2D eigenvalue weighted by Gasteiger charge is 2.21. The first-order valence-corrected chi connectivity index (χ1v) is 4.79. The van der Waals surface area contributed by atoms with Crippen LogP contribution in [0.4, 0.5) is 0 Å². The zero-order valence-electron chi connectivity index (χ0n) is 9.00. The van der Waals surface area contributed by atoms with E-state index in [-0.39, 0.29) is 0 Å². The maximum Gasteiger partial charge on any atom is 0.00647 e. The summed E-state index contributed by atoms with van der Waals surface area (Å²) >= 11 is 0. The molecule has 0 aromatic heterocycles. The Balaban J connectivity index is 0. The van der Waals surface area contributed by atoms with Gasteiger partial charge in [0.2, 0.25) is 0 Å². The Hall–Kier alpha value is -0.380. The number of rotatable bonds is 0. The van der Waals surface area contributed by atoms with Crippen LogP contribution in [0.15, 0.2) is 13.2 Å². The van der Waals surface area contributed by atoms with Gasteiger partial charge in [-0.05, 0) is 31.1 Å². The molecule has 0 radical (unpaired) electrons. The minimum absolute atomic E-state index is 0.487. The third kappa shape index (κ3) is 6.75. The molecule has 1 rings (SSSR count). The van der Waals surface area contributed by atoms with Crippen LogP contribution in [0.1, 0.15) is 33.1 Å². The largest absolute Gasteiger partial charge is 0.327 e. The number of hydrogen-bond acceptors (Lipinski definition) is 3. The smallest absolute Gasteiger partial charge is 0.00647 e. The topological polar surface area (TPSA) is 78.1 Å². The van der Waals surface area contributed by atoms with Gasteiger partial charge in [-0.1, -0.05) is 13.8 Å². The fourth-order valence-corrected chi connectivity index (χ4v) is 1.69. The van der Waals surface area contributed by atoms with Gasteiger partial charge >= 0.3 is 0 Å². The SMILES string of the molecule is C=C.CC1CCC(N)C(C)C1.NN. The van der Waals surface area contributed by atoms with Crippen LogP contribution in [0.2, 0.25) is 0 Å². The maximum absolute atomic E-state index is 5.84. The fourth-order valence-electron chi connectivity index (χ4n) is 1.69. The Morgan fingerprint density at radius 2 is 1.54 bits per heavy atom. The van der Waals surface area contributed by atoms with Crippen LogP contribution in [0, 0.1) is 11.8 Å². The predicted octanol–water partition coefficient (Wildman–Crippen LogP) is 1.39. The molecule has 3 heteroatoms. The van der Waals surface area contributed by atoms with Crippen molar-refractivity contribution >= 4 is 0 Å². The minimum atomic E-state index is 0.487. The minimum Gasteiger partial charge on any atom is -0.327 e. The van der Waals surface area contributed by atoms with E-state index in [0.29, 0.717) is 6.04 Å². The first-order chi connectivity index (χ1) is 6.20. The van der Waals surface area contributed by atoms with Gasteiger partial charge in [0, 0.05) is 6.04 Å². The van der Waals surface area contributed by atoms with Gasteiger partial charge in [0.25, 0.3) is 0 Å². The average Bonchev–Trinajstić information content (AvgIpc) is 2.18. The van der Waals surface area contributed by atoms with Gasteiger partial charge in [0.05, 0.1) is 0 Å². The first kappa shape index (κ1) is 15.1. The molecule has 80 valence electrons. The Bertz CT molecular complexity index is 106. The zero-order valence-corrected chi connectivity index (χ0v) is 9.00. The van der Waals surface area contributed by atoms with Gasteiger partial charge in [0.1, 0.15) is 0 Å². The molecule has 0 amide bonds. The summed E-state index contributed by atoms with van der Waals surface area (Å²) in [5.74, 6) is 9.67. The second kappa shape index (κ2) is 9.71. The maximum atomic E-state index is 5.84. The van der Waals surface area contributed by atoms with E-state index in [1.54, 1.807) is 0 Å². The molecule has 6 N–H and O–H groups in total. The summed E-state index contributed by atoms with van der Waals surface area (Å²) in [7, 11) is 0. The molecule has 1 saturated carbocycles. The summed E-state index contributed by atoms with van der Waals surface area (Å²) in [5.41, 5.74) is 5.84. The van der Waals surface area contributed by atoms with Gasteiger partial charge in [-0.3, -0.25) is 11.7 Å². The van der Waals surface area contributed by atoms with Crippen LogP contribution >= 0.6 is 0 Å². The van der Waals surface area contributed by atoms with E-state index in [0.717, 1.165) is 11.8 Å². The third-order valence-corrected chi connectivity index (χ3v) is 2.50. The Morgan fingerprint density at radius 3 is 1.85 bits per heavy atom. The lowest BCUT2D eigenvalue weighted by Crippen LogP contribution is -2.33. The molecule has 1 aliphatic rings. The van der Waals surface area contributed by atoms with Crippen molar-refractivity contribution in [2.75, 3.05) is 0 Å². The Morgan fingerprint density at radius 1 is 1.08 bits per heavy atom. The second-order valence-electron chi connectivity index (χ2n) is 3.56. The van der Waals surface area contributed by atoms with Crippen LogP contribution in [0.5, 0.6) is 0 Å². The lowest BCUT2D eigenvalue weighted by molar-refractivity contribution is 0.263. The van der Waals surface area contributed by atoms with Crippen LogP contribution in [-0.2, 0) is 0 Å². The van der Waals surface area contributed by atoms with Crippen LogP contribution in [0.25, 0.3) is 0 Å². The molecule has 3 nitrogen and oxygen atoms in total. The van der Waals surface area contributed by atoms with Gasteiger partial charge in [-0.15, -0.1) is 13.2 Å². The molecule has 0 heterocycles. The summed E-state index contributed by atoms with van der Waals surface area (Å²) in [6.45, 7) is 10.6. The van der Waals surface area contributed by atoms with Crippen molar-refractivity contribution in [3.8, 4) is 0 Å². The summed E-state index contributed by atoms with van der Waals surface area (Å²) in [6, 6.07) is 0.487. The van der Waals surface area contributed by atoms with Crippen molar-refractivity contribution in [3.05, 3.63) is 13.2 Å². The Labute approximate surface area is 82.3 Å². The monoisotopic (exact) mass is 187 g/mol. The lowest BCUT2D eigenvalue weighted by atomic mass is 9.80. The normalized spacial score (nSPS) is 31.9. The lowest BCUT2D eigenvalue weighted by Gasteiger charge is -2.29. The van der Waals surface area contributed by atoms with E-state index in [2.05, 4.69) is 38.7 Å². The summed E-state index contributed by atoms with van der Waals surface area (Å²) in [4.78, 5) is 0. The number of nitrogens with two attached hydrogens (primary N) is 3. The van der Waals surface area contributed by atoms with Crippen molar-refractivity contribution in [2.45, 2.75) is 39.2 Å². The van der Waals surface area contributed by atoms with E-state index in [9.17, 15) is 0 Å². The van der Waals surface area contributed by atoms with Gasteiger partial charge in [-0.2, -0.15) is 0 Å². The van der Waals surface area contributed by atoms with Gasteiger partial charge < -0.3 is 5.73 Å². The summed E-state index contributed by atoms with van der Waals surface area (Å²) < 4.78 is 0. The van der Waals surface area contributed by atoms with Crippen molar-refractivity contribution in [1.82, 2.24) is 0 Å². The Kier molecular flexibility index (Phi) is 11.3. The second-order valence-corrected chi connectivity index (χ2v) is 3.56. The number of hydrazine groups is 1. The van der Waals surface area contributed by atoms with Crippen molar-refractivity contribution < 1.29 is 0 Å². The quantitative estimate of drug-likeness (QED) is 0.305. The van der Waals surface area contributed by atoms with Crippen LogP contribution in [0.3, 0.4) is 0 Å². The van der Waals surface area contributed by atoms with E-state index in [4.69, 9.17) is 5.73 Å². The zero-order chi connectivity index (χ0) is 10.9. The average molecular weight is 187 g/mol. The molecule has 1 fully saturated rings. The van der Waals surface area contributed by atoms with E-state index in [1.807, 2.05) is 0 Å². The highest BCUT2D eigenvalue weighted by atomic mass is 15.0. The van der Waals surface area contributed by atoms with E-state index >= 15 is 0 Å². The highest BCUT2D eigenvalue weighted by Crippen LogP contribution is 2.26. The molecule has 0 bridgehead atoms. The molecule has 13 heavy (non-hydrogen) atoms. The molecule has 1 aliphatic carbocycles. The molecule has 3 unspecified atom stereocenters. The molecule has 0 saturated heterocycles. The molecule has 0 aromatic carbocycles. The summed E-state index contributed by atoms with van der Waals surface area (Å²) in [6.07, 6.45) is 3.91. The van der Waals surface area contributed by atoms with Crippen molar-refractivity contribution in [3.63, 3.8) is 0 Å².